The van der Waals surface area contributed by atoms with E-state index in [0.29, 0.717) is 19.1 Å². The largest absolute Gasteiger partial charge is 0.381 e. The van der Waals surface area contributed by atoms with Crippen molar-refractivity contribution < 1.29 is 9.53 Å². The van der Waals surface area contributed by atoms with Crippen LogP contribution in [-0.4, -0.2) is 38.3 Å². The van der Waals surface area contributed by atoms with Gasteiger partial charge < -0.3 is 15.4 Å². The van der Waals surface area contributed by atoms with Gasteiger partial charge in [0, 0.05) is 25.6 Å². The molecule has 0 unspecified atom stereocenters. The summed E-state index contributed by atoms with van der Waals surface area (Å²) < 4.78 is 5.44. The molecular weight excluding hydrogens is 204 g/mol. The van der Waals surface area contributed by atoms with Crippen molar-refractivity contribution in [1.29, 1.82) is 0 Å². The van der Waals surface area contributed by atoms with Crippen molar-refractivity contribution in [1.82, 2.24) is 10.6 Å². The molecular formula is C12H22N2O2. The number of hydrogen-bond acceptors (Lipinski definition) is 3. The number of rotatable bonds is 6. The third-order valence-electron chi connectivity index (χ3n) is 3.19. The van der Waals surface area contributed by atoms with Crippen LogP contribution in [-0.2, 0) is 9.53 Å². The van der Waals surface area contributed by atoms with Crippen LogP contribution in [0.1, 0.15) is 32.1 Å². The fraction of sp³-hybridized carbons (Fsp3) is 0.917. The standard InChI is InChI=1S/C12H22N2O2/c15-12(5-7-16-9-10-3-4-10)14-11-2-1-6-13-8-11/h10-11,13H,1-9H2,(H,14,15)/t11-/m0/s1. The first-order valence-electron chi connectivity index (χ1n) is 6.42. The van der Waals surface area contributed by atoms with Crippen LogP contribution in [0.15, 0.2) is 0 Å². The highest BCUT2D eigenvalue weighted by Crippen LogP contribution is 2.28. The van der Waals surface area contributed by atoms with Crippen LogP contribution in [0.2, 0.25) is 0 Å². The Bertz CT molecular complexity index is 223. The zero-order chi connectivity index (χ0) is 11.2. The predicted octanol–water partition coefficient (Wildman–Crippen LogP) is 0.671. The van der Waals surface area contributed by atoms with Crippen molar-refractivity contribution in [2.75, 3.05) is 26.3 Å². The number of amides is 1. The van der Waals surface area contributed by atoms with Crippen LogP contribution in [0.5, 0.6) is 0 Å². The second-order valence-corrected chi connectivity index (χ2v) is 4.88. The molecule has 0 aromatic heterocycles. The SMILES string of the molecule is O=C(CCOCC1CC1)N[C@H]1CCCNC1. The second kappa shape index (κ2) is 6.21. The van der Waals surface area contributed by atoms with Gasteiger partial charge in [-0.15, -0.1) is 0 Å². The average Bonchev–Trinajstić information content (AvgIpc) is 3.10. The summed E-state index contributed by atoms with van der Waals surface area (Å²) in [6, 6.07) is 0.324. The molecule has 1 saturated heterocycles. The van der Waals surface area contributed by atoms with E-state index in [9.17, 15) is 4.79 Å². The second-order valence-electron chi connectivity index (χ2n) is 4.88. The summed E-state index contributed by atoms with van der Waals surface area (Å²) in [6.45, 7) is 3.41. The quantitative estimate of drug-likeness (QED) is 0.655. The molecule has 1 saturated carbocycles. The van der Waals surface area contributed by atoms with E-state index in [1.807, 2.05) is 0 Å². The summed E-state index contributed by atoms with van der Waals surface area (Å²) in [5, 5.41) is 6.33. The lowest BCUT2D eigenvalue weighted by molar-refractivity contribution is -0.123. The molecule has 16 heavy (non-hydrogen) atoms. The highest BCUT2D eigenvalue weighted by Gasteiger charge is 2.21. The summed E-state index contributed by atoms with van der Waals surface area (Å²) in [5.74, 6) is 0.912. The third-order valence-corrected chi connectivity index (χ3v) is 3.19. The van der Waals surface area contributed by atoms with Crippen LogP contribution in [0.25, 0.3) is 0 Å². The number of nitrogens with one attached hydrogen (secondary N) is 2. The Labute approximate surface area is 97.1 Å². The molecule has 4 nitrogen and oxygen atoms in total. The van der Waals surface area contributed by atoms with Gasteiger partial charge in [-0.1, -0.05) is 0 Å². The van der Waals surface area contributed by atoms with Crippen LogP contribution >= 0.6 is 0 Å². The third kappa shape index (κ3) is 4.49. The molecule has 2 aliphatic rings. The summed E-state index contributed by atoms with van der Waals surface area (Å²) in [6.07, 6.45) is 5.37. The monoisotopic (exact) mass is 226 g/mol. The maximum absolute atomic E-state index is 11.6. The molecule has 1 aliphatic heterocycles. The first-order valence-corrected chi connectivity index (χ1v) is 6.42. The van der Waals surface area contributed by atoms with Gasteiger partial charge in [0.1, 0.15) is 0 Å². The van der Waals surface area contributed by atoms with Gasteiger partial charge in [-0.2, -0.15) is 0 Å². The van der Waals surface area contributed by atoms with Gasteiger partial charge in [-0.05, 0) is 38.1 Å². The van der Waals surface area contributed by atoms with Gasteiger partial charge >= 0.3 is 0 Å². The normalized spacial score (nSPS) is 25.4. The zero-order valence-electron chi connectivity index (χ0n) is 9.84. The van der Waals surface area contributed by atoms with Crippen LogP contribution < -0.4 is 10.6 Å². The number of carbonyl (C=O) groups is 1. The number of carbonyl (C=O) groups excluding carboxylic acids is 1. The van der Waals surface area contributed by atoms with Gasteiger partial charge in [0.15, 0.2) is 0 Å². The average molecular weight is 226 g/mol. The van der Waals surface area contributed by atoms with Crippen LogP contribution in [0, 0.1) is 5.92 Å². The van der Waals surface area contributed by atoms with E-state index in [0.717, 1.165) is 38.5 Å². The molecule has 0 aromatic rings. The van der Waals surface area contributed by atoms with Crippen molar-refractivity contribution >= 4 is 5.91 Å². The Kier molecular flexibility index (Phi) is 4.60. The molecule has 1 amide bonds. The summed E-state index contributed by atoms with van der Waals surface area (Å²) in [7, 11) is 0. The first-order chi connectivity index (χ1) is 7.84. The molecule has 0 bridgehead atoms. The predicted molar refractivity (Wildman–Crippen MR) is 62.2 cm³/mol. The molecule has 2 rings (SSSR count). The maximum Gasteiger partial charge on any atom is 0.222 e. The summed E-state index contributed by atoms with van der Waals surface area (Å²) in [5.41, 5.74) is 0. The Hall–Kier alpha value is -0.610. The molecule has 2 fully saturated rings. The lowest BCUT2D eigenvalue weighted by atomic mass is 10.1. The highest BCUT2D eigenvalue weighted by atomic mass is 16.5. The summed E-state index contributed by atoms with van der Waals surface area (Å²) >= 11 is 0. The van der Waals surface area contributed by atoms with Gasteiger partial charge in [0.05, 0.1) is 6.61 Å². The van der Waals surface area contributed by atoms with E-state index in [2.05, 4.69) is 10.6 Å². The van der Waals surface area contributed by atoms with E-state index in [1.54, 1.807) is 0 Å². The van der Waals surface area contributed by atoms with E-state index >= 15 is 0 Å². The molecule has 1 atom stereocenters. The molecule has 4 heteroatoms. The molecule has 1 heterocycles. The number of piperidine rings is 1. The van der Waals surface area contributed by atoms with Crippen LogP contribution in [0.3, 0.4) is 0 Å². The van der Waals surface area contributed by atoms with Gasteiger partial charge in [0.2, 0.25) is 5.91 Å². The molecule has 92 valence electrons. The van der Waals surface area contributed by atoms with Gasteiger partial charge in [-0.25, -0.2) is 0 Å². The van der Waals surface area contributed by atoms with E-state index < -0.39 is 0 Å². The zero-order valence-corrected chi connectivity index (χ0v) is 9.84. The molecule has 1 aliphatic carbocycles. The smallest absolute Gasteiger partial charge is 0.222 e. The molecule has 2 N–H and O–H groups in total. The lowest BCUT2D eigenvalue weighted by Gasteiger charge is -2.23. The Morgan fingerprint density at radius 2 is 2.25 bits per heavy atom. The molecule has 0 aromatic carbocycles. The Morgan fingerprint density at radius 3 is 2.94 bits per heavy atom. The van der Waals surface area contributed by atoms with Gasteiger partial charge in [0.25, 0.3) is 0 Å². The molecule has 0 spiro atoms. The van der Waals surface area contributed by atoms with E-state index in [4.69, 9.17) is 4.74 Å². The fourth-order valence-electron chi connectivity index (χ4n) is 1.97. The van der Waals surface area contributed by atoms with Crippen LogP contribution in [0.4, 0.5) is 0 Å². The minimum atomic E-state index is 0.129. The first kappa shape index (κ1) is 11.9. The Morgan fingerprint density at radius 1 is 1.38 bits per heavy atom. The maximum atomic E-state index is 11.6. The van der Waals surface area contributed by atoms with E-state index in [-0.39, 0.29) is 5.91 Å². The highest BCUT2D eigenvalue weighted by molar-refractivity contribution is 5.76. The fourth-order valence-corrected chi connectivity index (χ4v) is 1.97. The Balaban J connectivity index is 1.49. The lowest BCUT2D eigenvalue weighted by Crippen LogP contribution is -2.45. The number of hydrogen-bond donors (Lipinski definition) is 2. The van der Waals surface area contributed by atoms with Crippen molar-refractivity contribution in [2.24, 2.45) is 5.92 Å². The van der Waals surface area contributed by atoms with Crippen molar-refractivity contribution in [3.05, 3.63) is 0 Å². The minimum Gasteiger partial charge on any atom is -0.381 e. The van der Waals surface area contributed by atoms with E-state index in [1.165, 1.54) is 12.8 Å². The van der Waals surface area contributed by atoms with Gasteiger partial charge in [-0.3, -0.25) is 4.79 Å². The number of ether oxygens (including phenoxy) is 1. The van der Waals surface area contributed by atoms with Crippen molar-refractivity contribution in [3.63, 3.8) is 0 Å². The molecule has 0 radical (unpaired) electrons. The van der Waals surface area contributed by atoms with Crippen molar-refractivity contribution in [3.8, 4) is 0 Å². The minimum absolute atomic E-state index is 0.129. The van der Waals surface area contributed by atoms with Crippen molar-refractivity contribution in [2.45, 2.75) is 38.1 Å². The topological polar surface area (TPSA) is 50.4 Å². The summed E-state index contributed by atoms with van der Waals surface area (Å²) in [4.78, 5) is 11.6.